The molecule has 0 radical (unpaired) electrons. The SMILES string of the molecule is COc1ccc2c(c1)C(=O)Nc1ccc(OC)cc1C(=O)N2. The second kappa shape index (κ2) is 5.40. The topological polar surface area (TPSA) is 76.7 Å². The summed E-state index contributed by atoms with van der Waals surface area (Å²) in [6, 6.07) is 9.80. The molecule has 3 rings (SSSR count). The number of hydrogen-bond acceptors (Lipinski definition) is 4. The molecule has 1 aliphatic heterocycles. The molecule has 0 atom stereocenters. The largest absolute Gasteiger partial charge is 0.497 e. The summed E-state index contributed by atoms with van der Waals surface area (Å²) in [4.78, 5) is 24.8. The van der Waals surface area contributed by atoms with Crippen LogP contribution in [0.4, 0.5) is 11.4 Å². The number of benzene rings is 2. The van der Waals surface area contributed by atoms with Gasteiger partial charge >= 0.3 is 0 Å². The van der Waals surface area contributed by atoms with E-state index in [1.807, 2.05) is 0 Å². The van der Waals surface area contributed by atoms with Crippen molar-refractivity contribution in [2.24, 2.45) is 0 Å². The Hall–Kier alpha value is -3.02. The molecule has 0 bridgehead atoms. The van der Waals surface area contributed by atoms with Crippen molar-refractivity contribution in [2.45, 2.75) is 0 Å². The summed E-state index contributed by atoms with van der Waals surface area (Å²) in [5.41, 5.74) is 1.54. The summed E-state index contributed by atoms with van der Waals surface area (Å²) in [6.07, 6.45) is 0. The van der Waals surface area contributed by atoms with Crippen LogP contribution in [0.15, 0.2) is 36.4 Å². The van der Waals surface area contributed by atoms with Crippen molar-refractivity contribution in [3.05, 3.63) is 47.5 Å². The number of anilines is 2. The minimum atomic E-state index is -0.319. The Morgan fingerprint density at radius 1 is 0.727 bits per heavy atom. The third-order valence-electron chi connectivity index (χ3n) is 3.44. The number of rotatable bonds is 2. The molecule has 0 unspecified atom stereocenters. The smallest absolute Gasteiger partial charge is 0.257 e. The highest BCUT2D eigenvalue weighted by atomic mass is 16.5. The second-order valence-corrected chi connectivity index (χ2v) is 4.73. The lowest BCUT2D eigenvalue weighted by molar-refractivity contribution is 0.102. The predicted molar refractivity (Wildman–Crippen MR) is 81.9 cm³/mol. The van der Waals surface area contributed by atoms with Crippen LogP contribution in [-0.4, -0.2) is 26.0 Å². The number of carbonyl (C=O) groups is 2. The molecular weight excluding hydrogens is 284 g/mol. The summed E-state index contributed by atoms with van der Waals surface area (Å²) in [6.45, 7) is 0. The van der Waals surface area contributed by atoms with Crippen molar-refractivity contribution < 1.29 is 19.1 Å². The Balaban J connectivity index is 2.09. The quantitative estimate of drug-likeness (QED) is 0.893. The van der Waals surface area contributed by atoms with Gasteiger partial charge in [0.15, 0.2) is 0 Å². The first-order chi connectivity index (χ1) is 10.6. The van der Waals surface area contributed by atoms with Crippen LogP contribution in [0.3, 0.4) is 0 Å². The lowest BCUT2D eigenvalue weighted by Crippen LogP contribution is -2.24. The molecule has 1 aliphatic rings. The van der Waals surface area contributed by atoms with E-state index in [0.29, 0.717) is 34.0 Å². The van der Waals surface area contributed by atoms with Gasteiger partial charge in [0.1, 0.15) is 11.5 Å². The van der Waals surface area contributed by atoms with E-state index in [9.17, 15) is 9.59 Å². The number of hydrogen-bond donors (Lipinski definition) is 2. The highest BCUT2D eigenvalue weighted by Crippen LogP contribution is 2.29. The molecule has 6 nitrogen and oxygen atoms in total. The van der Waals surface area contributed by atoms with E-state index < -0.39 is 0 Å². The Morgan fingerprint density at radius 2 is 1.14 bits per heavy atom. The van der Waals surface area contributed by atoms with Gasteiger partial charge in [-0.25, -0.2) is 0 Å². The van der Waals surface area contributed by atoms with Gasteiger partial charge in [-0.1, -0.05) is 0 Å². The Labute approximate surface area is 127 Å². The van der Waals surface area contributed by atoms with E-state index in [1.54, 1.807) is 36.4 Å². The van der Waals surface area contributed by atoms with Crippen LogP contribution in [0.25, 0.3) is 0 Å². The van der Waals surface area contributed by atoms with Crippen molar-refractivity contribution in [2.75, 3.05) is 24.9 Å². The lowest BCUT2D eigenvalue weighted by atomic mass is 10.1. The fourth-order valence-electron chi connectivity index (χ4n) is 2.27. The van der Waals surface area contributed by atoms with Crippen molar-refractivity contribution in [1.29, 1.82) is 0 Å². The molecule has 0 aliphatic carbocycles. The maximum atomic E-state index is 12.4. The standard InChI is InChI=1S/C16H14N2O4/c1-21-9-3-5-13-11(7-9)15(19)18-14-6-4-10(22-2)8-12(14)16(20)17-13/h3-8H,1-2H3,(H,17,20)(H,18,19). The minimum absolute atomic E-state index is 0.319. The number of fused-ring (bicyclic) bond motifs is 2. The molecule has 0 saturated carbocycles. The minimum Gasteiger partial charge on any atom is -0.497 e. The number of nitrogens with one attached hydrogen (secondary N) is 2. The zero-order valence-electron chi connectivity index (χ0n) is 12.1. The molecule has 6 heteroatoms. The van der Waals surface area contributed by atoms with Gasteiger partial charge < -0.3 is 20.1 Å². The first-order valence-corrected chi connectivity index (χ1v) is 6.61. The Kier molecular flexibility index (Phi) is 3.42. The molecule has 2 amide bonds. The average Bonchev–Trinajstić information content (AvgIpc) is 2.54. The Bertz CT molecular complexity index is 705. The van der Waals surface area contributed by atoms with E-state index in [0.717, 1.165) is 0 Å². The van der Waals surface area contributed by atoms with Gasteiger partial charge in [0.05, 0.1) is 36.7 Å². The zero-order valence-corrected chi connectivity index (χ0v) is 12.1. The molecule has 2 N–H and O–H groups in total. The van der Waals surface area contributed by atoms with E-state index in [1.165, 1.54) is 14.2 Å². The number of methoxy groups -OCH3 is 2. The highest BCUT2D eigenvalue weighted by molar-refractivity contribution is 6.18. The maximum absolute atomic E-state index is 12.4. The summed E-state index contributed by atoms with van der Waals surface area (Å²) in [5.74, 6) is 0.443. The summed E-state index contributed by atoms with van der Waals surface area (Å²) >= 11 is 0. The fraction of sp³-hybridized carbons (Fsp3) is 0.125. The van der Waals surface area contributed by atoms with Gasteiger partial charge in [0.2, 0.25) is 0 Å². The predicted octanol–water partition coefficient (Wildman–Crippen LogP) is 2.52. The fourth-order valence-corrected chi connectivity index (χ4v) is 2.27. The summed E-state index contributed by atoms with van der Waals surface area (Å²) < 4.78 is 10.2. The average molecular weight is 298 g/mol. The molecule has 0 spiro atoms. The van der Waals surface area contributed by atoms with E-state index in [4.69, 9.17) is 9.47 Å². The van der Waals surface area contributed by atoms with Crippen LogP contribution in [0.1, 0.15) is 20.7 Å². The van der Waals surface area contributed by atoms with Gasteiger partial charge in [0.25, 0.3) is 11.8 Å². The lowest BCUT2D eigenvalue weighted by Gasteiger charge is -2.19. The van der Waals surface area contributed by atoms with Gasteiger partial charge in [-0.05, 0) is 36.4 Å². The highest BCUT2D eigenvalue weighted by Gasteiger charge is 2.22. The molecule has 22 heavy (non-hydrogen) atoms. The maximum Gasteiger partial charge on any atom is 0.257 e. The molecular formula is C16H14N2O4. The molecule has 2 aromatic carbocycles. The van der Waals surface area contributed by atoms with Gasteiger partial charge in [0, 0.05) is 0 Å². The third kappa shape index (κ3) is 2.35. The first-order valence-electron chi connectivity index (χ1n) is 6.61. The van der Waals surface area contributed by atoms with Crippen LogP contribution >= 0.6 is 0 Å². The normalized spacial score (nSPS) is 13.0. The molecule has 0 fully saturated rings. The molecule has 0 aromatic heterocycles. The zero-order chi connectivity index (χ0) is 15.7. The van der Waals surface area contributed by atoms with Crippen LogP contribution in [0.5, 0.6) is 11.5 Å². The van der Waals surface area contributed by atoms with Crippen molar-refractivity contribution in [1.82, 2.24) is 0 Å². The molecule has 2 aromatic rings. The summed E-state index contributed by atoms with van der Waals surface area (Å²) in [5, 5.41) is 5.48. The molecule has 1 heterocycles. The number of carbonyl (C=O) groups excluding carboxylic acids is 2. The van der Waals surface area contributed by atoms with Gasteiger partial charge in [-0.2, -0.15) is 0 Å². The monoisotopic (exact) mass is 298 g/mol. The van der Waals surface area contributed by atoms with Gasteiger partial charge in [-0.15, -0.1) is 0 Å². The number of ether oxygens (including phenoxy) is 2. The second-order valence-electron chi connectivity index (χ2n) is 4.73. The van der Waals surface area contributed by atoms with Crippen LogP contribution in [0, 0.1) is 0 Å². The van der Waals surface area contributed by atoms with E-state index in [-0.39, 0.29) is 11.8 Å². The van der Waals surface area contributed by atoms with Crippen molar-refractivity contribution >= 4 is 23.2 Å². The van der Waals surface area contributed by atoms with Crippen LogP contribution in [-0.2, 0) is 0 Å². The van der Waals surface area contributed by atoms with Crippen LogP contribution < -0.4 is 20.1 Å². The van der Waals surface area contributed by atoms with Crippen LogP contribution in [0.2, 0.25) is 0 Å². The van der Waals surface area contributed by atoms with E-state index >= 15 is 0 Å². The third-order valence-corrected chi connectivity index (χ3v) is 3.44. The molecule has 0 saturated heterocycles. The number of amides is 2. The summed E-state index contributed by atoms with van der Waals surface area (Å²) in [7, 11) is 3.03. The van der Waals surface area contributed by atoms with Gasteiger partial charge in [-0.3, -0.25) is 9.59 Å². The van der Waals surface area contributed by atoms with Crippen molar-refractivity contribution in [3.63, 3.8) is 0 Å². The van der Waals surface area contributed by atoms with Crippen molar-refractivity contribution in [3.8, 4) is 11.5 Å². The van der Waals surface area contributed by atoms with E-state index in [2.05, 4.69) is 10.6 Å². The first kappa shape index (κ1) is 13.9. The molecule has 112 valence electrons. The Morgan fingerprint density at radius 3 is 1.50 bits per heavy atom.